The Kier molecular flexibility index (Phi) is 3.71. The van der Waals surface area contributed by atoms with E-state index in [4.69, 9.17) is 5.73 Å². The molecule has 0 radical (unpaired) electrons. The Morgan fingerprint density at radius 1 is 1.38 bits per heavy atom. The maximum atomic E-state index is 13.9. The highest BCUT2D eigenvalue weighted by atomic mass is 32.2. The SMILES string of the molecule is Cc1c(N)cc(-c2nnnn2C2CCS(=O)CC2)cc1F. The van der Waals surface area contributed by atoms with Crippen LogP contribution in [0.15, 0.2) is 12.1 Å². The average molecular weight is 309 g/mol. The van der Waals surface area contributed by atoms with Crippen molar-refractivity contribution in [3.63, 3.8) is 0 Å². The standard InChI is InChI=1S/C13H16FN5OS/c1-8-11(14)6-9(7-12(8)15)13-16-17-18-19(13)10-2-4-21(20)5-3-10/h6-7,10H,2-5,15H2,1H3. The van der Waals surface area contributed by atoms with Gasteiger partial charge < -0.3 is 5.73 Å². The Hall–Kier alpha value is -1.83. The minimum absolute atomic E-state index is 0.0956. The van der Waals surface area contributed by atoms with Gasteiger partial charge in [-0.25, -0.2) is 9.07 Å². The van der Waals surface area contributed by atoms with Gasteiger partial charge in [-0.3, -0.25) is 4.21 Å². The van der Waals surface area contributed by atoms with Crippen LogP contribution in [0.3, 0.4) is 0 Å². The molecule has 3 rings (SSSR count). The van der Waals surface area contributed by atoms with Crippen LogP contribution in [-0.2, 0) is 10.8 Å². The molecule has 2 N–H and O–H groups in total. The van der Waals surface area contributed by atoms with Gasteiger partial charge in [0.1, 0.15) is 5.82 Å². The summed E-state index contributed by atoms with van der Waals surface area (Å²) in [6, 6.07) is 3.18. The number of aromatic nitrogens is 4. The van der Waals surface area contributed by atoms with Gasteiger partial charge in [0.2, 0.25) is 0 Å². The van der Waals surface area contributed by atoms with E-state index in [1.165, 1.54) is 6.07 Å². The molecule has 21 heavy (non-hydrogen) atoms. The molecule has 0 aliphatic carbocycles. The smallest absolute Gasteiger partial charge is 0.182 e. The van der Waals surface area contributed by atoms with Gasteiger partial charge in [0.05, 0.1) is 6.04 Å². The lowest BCUT2D eigenvalue weighted by atomic mass is 10.1. The van der Waals surface area contributed by atoms with Crippen molar-refractivity contribution in [2.75, 3.05) is 17.2 Å². The van der Waals surface area contributed by atoms with Gasteiger partial charge in [-0.2, -0.15) is 0 Å². The lowest BCUT2D eigenvalue weighted by Gasteiger charge is -2.22. The summed E-state index contributed by atoms with van der Waals surface area (Å²) in [7, 11) is -0.746. The molecule has 1 aliphatic heterocycles. The van der Waals surface area contributed by atoms with Crippen molar-refractivity contribution in [1.29, 1.82) is 0 Å². The van der Waals surface area contributed by atoms with Crippen LogP contribution >= 0.6 is 0 Å². The summed E-state index contributed by atoms with van der Waals surface area (Å²) < 4.78 is 27.0. The fourth-order valence-electron chi connectivity index (χ4n) is 2.48. The summed E-state index contributed by atoms with van der Waals surface area (Å²) >= 11 is 0. The molecule has 1 aromatic heterocycles. The number of benzene rings is 1. The predicted octanol–water partition coefficient (Wildman–Crippen LogP) is 1.45. The van der Waals surface area contributed by atoms with E-state index in [9.17, 15) is 8.60 Å². The highest BCUT2D eigenvalue weighted by Crippen LogP contribution is 2.29. The molecule has 8 heteroatoms. The van der Waals surface area contributed by atoms with Gasteiger partial charge in [0, 0.05) is 39.1 Å². The summed E-state index contributed by atoms with van der Waals surface area (Å²) in [5, 5.41) is 11.7. The van der Waals surface area contributed by atoms with Crippen molar-refractivity contribution in [1.82, 2.24) is 20.2 Å². The van der Waals surface area contributed by atoms with Crippen LogP contribution in [0.4, 0.5) is 10.1 Å². The summed E-state index contributed by atoms with van der Waals surface area (Å²) in [5.41, 5.74) is 7.18. The lowest BCUT2D eigenvalue weighted by molar-refractivity contribution is 0.415. The summed E-state index contributed by atoms with van der Waals surface area (Å²) in [4.78, 5) is 0. The average Bonchev–Trinajstić information content (AvgIpc) is 2.94. The van der Waals surface area contributed by atoms with Crippen molar-refractivity contribution < 1.29 is 8.60 Å². The first-order valence-electron chi connectivity index (χ1n) is 6.75. The van der Waals surface area contributed by atoms with Crippen LogP contribution < -0.4 is 5.73 Å². The number of hydrogen-bond donors (Lipinski definition) is 1. The van der Waals surface area contributed by atoms with Crippen LogP contribution in [0, 0.1) is 12.7 Å². The number of nitrogens with zero attached hydrogens (tertiary/aromatic N) is 4. The molecule has 112 valence electrons. The lowest BCUT2D eigenvalue weighted by Crippen LogP contribution is -2.23. The number of tetrazole rings is 1. The quantitative estimate of drug-likeness (QED) is 0.849. The second-order valence-electron chi connectivity index (χ2n) is 5.20. The highest BCUT2D eigenvalue weighted by Gasteiger charge is 2.24. The molecule has 0 spiro atoms. The monoisotopic (exact) mass is 309 g/mol. The molecule has 0 unspecified atom stereocenters. The van der Waals surface area contributed by atoms with Gasteiger partial charge >= 0.3 is 0 Å². The maximum absolute atomic E-state index is 13.9. The molecule has 6 nitrogen and oxygen atoms in total. The third kappa shape index (κ3) is 2.67. The fraction of sp³-hybridized carbons (Fsp3) is 0.462. The van der Waals surface area contributed by atoms with E-state index >= 15 is 0 Å². The fourth-order valence-corrected chi connectivity index (χ4v) is 3.76. The maximum Gasteiger partial charge on any atom is 0.182 e. The number of halogens is 1. The molecule has 0 amide bonds. The largest absolute Gasteiger partial charge is 0.398 e. The molecule has 1 aliphatic rings. The second-order valence-corrected chi connectivity index (χ2v) is 6.89. The van der Waals surface area contributed by atoms with Crippen molar-refractivity contribution in [2.45, 2.75) is 25.8 Å². The van der Waals surface area contributed by atoms with E-state index in [1.807, 2.05) is 0 Å². The first-order chi connectivity index (χ1) is 10.1. The highest BCUT2D eigenvalue weighted by molar-refractivity contribution is 7.85. The van der Waals surface area contributed by atoms with Gasteiger partial charge in [-0.15, -0.1) is 5.10 Å². The van der Waals surface area contributed by atoms with E-state index in [-0.39, 0.29) is 11.9 Å². The van der Waals surface area contributed by atoms with Crippen molar-refractivity contribution in [3.8, 4) is 11.4 Å². The van der Waals surface area contributed by atoms with Gasteiger partial charge in [-0.05, 0) is 42.3 Å². The number of nitrogens with two attached hydrogens (primary N) is 1. The van der Waals surface area contributed by atoms with Gasteiger partial charge in [0.25, 0.3) is 0 Å². The Balaban J connectivity index is 1.97. The van der Waals surface area contributed by atoms with Crippen molar-refractivity contribution in [2.24, 2.45) is 0 Å². The minimum Gasteiger partial charge on any atom is -0.398 e. The Bertz CT molecular complexity index is 669. The second kappa shape index (κ2) is 5.51. The number of nitrogen functional groups attached to an aromatic ring is 1. The topological polar surface area (TPSA) is 86.7 Å². The molecule has 1 saturated heterocycles. The zero-order valence-electron chi connectivity index (χ0n) is 11.6. The first kappa shape index (κ1) is 14.1. The molecule has 0 atom stereocenters. The van der Waals surface area contributed by atoms with Crippen LogP contribution in [0.2, 0.25) is 0 Å². The predicted molar refractivity (Wildman–Crippen MR) is 78.5 cm³/mol. The van der Waals surface area contributed by atoms with Crippen LogP contribution in [0.25, 0.3) is 11.4 Å². The normalized spacial score (nSPS) is 22.4. The van der Waals surface area contributed by atoms with E-state index in [1.54, 1.807) is 17.7 Å². The summed E-state index contributed by atoms with van der Waals surface area (Å²) in [6.45, 7) is 1.63. The van der Waals surface area contributed by atoms with Crippen LogP contribution in [0.5, 0.6) is 0 Å². The van der Waals surface area contributed by atoms with Crippen molar-refractivity contribution in [3.05, 3.63) is 23.5 Å². The molecule has 0 bridgehead atoms. The summed E-state index contributed by atoms with van der Waals surface area (Å²) in [5.74, 6) is 1.42. The van der Waals surface area contributed by atoms with Crippen LogP contribution in [-0.4, -0.2) is 35.9 Å². The number of anilines is 1. The molecular weight excluding hydrogens is 293 g/mol. The summed E-state index contributed by atoms with van der Waals surface area (Å²) in [6.07, 6.45) is 1.52. The van der Waals surface area contributed by atoms with Gasteiger partial charge in [-0.1, -0.05) is 0 Å². The zero-order valence-corrected chi connectivity index (χ0v) is 12.4. The van der Waals surface area contributed by atoms with E-state index in [0.717, 1.165) is 12.8 Å². The zero-order chi connectivity index (χ0) is 15.0. The minimum atomic E-state index is -0.746. The van der Waals surface area contributed by atoms with Crippen LogP contribution in [0.1, 0.15) is 24.4 Å². The number of hydrogen-bond acceptors (Lipinski definition) is 5. The Labute approximate surface area is 124 Å². The van der Waals surface area contributed by atoms with E-state index in [0.29, 0.717) is 34.1 Å². The van der Waals surface area contributed by atoms with E-state index in [2.05, 4.69) is 15.5 Å². The Morgan fingerprint density at radius 2 is 2.10 bits per heavy atom. The first-order valence-corrected chi connectivity index (χ1v) is 8.24. The van der Waals surface area contributed by atoms with Gasteiger partial charge in [0.15, 0.2) is 5.82 Å². The molecule has 1 aromatic carbocycles. The molecule has 2 heterocycles. The Morgan fingerprint density at radius 3 is 2.76 bits per heavy atom. The van der Waals surface area contributed by atoms with Crippen molar-refractivity contribution >= 4 is 16.5 Å². The molecule has 0 saturated carbocycles. The third-order valence-corrected chi connectivity index (χ3v) is 5.22. The molecule has 2 aromatic rings. The number of rotatable bonds is 2. The molecular formula is C13H16FN5OS. The molecule has 1 fully saturated rings. The third-order valence-electron chi connectivity index (χ3n) is 3.84. The van der Waals surface area contributed by atoms with E-state index < -0.39 is 10.8 Å².